The maximum Gasteiger partial charge on any atom is 0.159 e. The van der Waals surface area contributed by atoms with Gasteiger partial charge in [0.25, 0.3) is 0 Å². The van der Waals surface area contributed by atoms with Gasteiger partial charge in [-0.1, -0.05) is 0 Å². The van der Waals surface area contributed by atoms with Gasteiger partial charge in [0.2, 0.25) is 0 Å². The van der Waals surface area contributed by atoms with E-state index in [1.54, 1.807) is 26.6 Å². The summed E-state index contributed by atoms with van der Waals surface area (Å²) < 4.78 is 10.3. The predicted molar refractivity (Wildman–Crippen MR) is 89.9 cm³/mol. The highest BCUT2D eigenvalue weighted by Crippen LogP contribution is 2.28. The summed E-state index contributed by atoms with van der Waals surface area (Å²) in [6, 6.07) is 3.73. The van der Waals surface area contributed by atoms with Crippen LogP contribution in [-0.2, 0) is 9.47 Å². The molecule has 0 aliphatic rings. The number of hydrogen-bond acceptors (Lipinski definition) is 8. The molecule has 8 heteroatoms. The van der Waals surface area contributed by atoms with Crippen LogP contribution in [-0.4, -0.2) is 55.5 Å². The zero-order valence-corrected chi connectivity index (χ0v) is 13.4. The van der Waals surface area contributed by atoms with Crippen molar-refractivity contribution >= 4 is 23.0 Å². The molecule has 2 aromatic rings. The molecule has 0 aliphatic carbocycles. The number of nitrogen functional groups attached to an aromatic ring is 1. The van der Waals surface area contributed by atoms with E-state index in [-0.39, 0.29) is 0 Å². The van der Waals surface area contributed by atoms with Crippen LogP contribution >= 0.6 is 0 Å². The van der Waals surface area contributed by atoms with E-state index in [4.69, 9.17) is 15.2 Å². The highest BCUT2D eigenvalue weighted by Gasteiger charge is 2.15. The Bertz CT molecular complexity index is 588. The lowest BCUT2D eigenvalue weighted by atomic mass is 10.3. The number of hydrogen-bond donors (Lipinski definition) is 2. The number of nitrogens with one attached hydrogen (secondary N) is 1. The van der Waals surface area contributed by atoms with Gasteiger partial charge in [-0.3, -0.25) is 4.98 Å². The maximum absolute atomic E-state index is 6.24. The molecular formula is C15H22N6O2. The molecule has 2 aromatic heterocycles. The van der Waals surface area contributed by atoms with Gasteiger partial charge in [-0.05, 0) is 12.1 Å². The third-order valence-electron chi connectivity index (χ3n) is 3.22. The lowest BCUT2D eigenvalue weighted by molar-refractivity contribution is 0.190. The van der Waals surface area contributed by atoms with Gasteiger partial charge in [0.15, 0.2) is 11.6 Å². The van der Waals surface area contributed by atoms with Crippen LogP contribution in [0.2, 0.25) is 0 Å². The molecule has 23 heavy (non-hydrogen) atoms. The number of ether oxygens (including phenoxy) is 2. The monoisotopic (exact) mass is 318 g/mol. The van der Waals surface area contributed by atoms with Gasteiger partial charge >= 0.3 is 0 Å². The average Bonchev–Trinajstić information content (AvgIpc) is 2.58. The van der Waals surface area contributed by atoms with Crippen LogP contribution < -0.4 is 16.0 Å². The van der Waals surface area contributed by atoms with Crippen LogP contribution in [0.15, 0.2) is 30.9 Å². The third-order valence-corrected chi connectivity index (χ3v) is 3.22. The Labute approximate surface area is 135 Å². The number of aromatic nitrogens is 3. The molecule has 2 rings (SSSR count). The van der Waals surface area contributed by atoms with Crippen molar-refractivity contribution in [2.24, 2.45) is 0 Å². The lowest BCUT2D eigenvalue weighted by Crippen LogP contribution is -2.32. The second kappa shape index (κ2) is 8.86. The molecule has 124 valence electrons. The van der Waals surface area contributed by atoms with Crippen molar-refractivity contribution in [1.29, 1.82) is 0 Å². The van der Waals surface area contributed by atoms with Gasteiger partial charge in [0.1, 0.15) is 12.0 Å². The number of methoxy groups -OCH3 is 2. The molecule has 2 heterocycles. The Morgan fingerprint density at radius 2 is 1.91 bits per heavy atom. The zero-order valence-electron chi connectivity index (χ0n) is 13.4. The van der Waals surface area contributed by atoms with E-state index < -0.39 is 0 Å². The van der Waals surface area contributed by atoms with Crippen LogP contribution in [0, 0.1) is 0 Å². The molecule has 0 saturated heterocycles. The first kappa shape index (κ1) is 16.9. The molecule has 0 atom stereocenters. The third kappa shape index (κ3) is 4.76. The lowest BCUT2D eigenvalue weighted by Gasteiger charge is -2.25. The van der Waals surface area contributed by atoms with Crippen molar-refractivity contribution in [3.05, 3.63) is 30.9 Å². The van der Waals surface area contributed by atoms with Gasteiger partial charge in [0, 0.05) is 33.5 Å². The maximum atomic E-state index is 6.24. The highest BCUT2D eigenvalue weighted by atomic mass is 16.5. The van der Waals surface area contributed by atoms with Crippen LogP contribution in [0.1, 0.15) is 0 Å². The van der Waals surface area contributed by atoms with E-state index in [2.05, 4.69) is 20.3 Å². The zero-order chi connectivity index (χ0) is 16.5. The predicted octanol–water partition coefficient (Wildman–Crippen LogP) is 1.30. The molecular weight excluding hydrogens is 296 g/mol. The Kier molecular flexibility index (Phi) is 6.52. The summed E-state index contributed by atoms with van der Waals surface area (Å²) in [6.45, 7) is 2.46. The fourth-order valence-electron chi connectivity index (χ4n) is 2.04. The Hall–Kier alpha value is -2.45. The minimum Gasteiger partial charge on any atom is -0.393 e. The summed E-state index contributed by atoms with van der Waals surface area (Å²) in [7, 11) is 3.32. The van der Waals surface area contributed by atoms with Gasteiger partial charge in [-0.2, -0.15) is 0 Å². The van der Waals surface area contributed by atoms with Crippen LogP contribution in [0.3, 0.4) is 0 Å². The van der Waals surface area contributed by atoms with Crippen molar-refractivity contribution in [2.45, 2.75) is 0 Å². The Morgan fingerprint density at radius 3 is 2.52 bits per heavy atom. The van der Waals surface area contributed by atoms with Crippen molar-refractivity contribution in [3.63, 3.8) is 0 Å². The summed E-state index contributed by atoms with van der Waals surface area (Å²) in [5.41, 5.74) is 7.53. The van der Waals surface area contributed by atoms with Crippen LogP contribution in [0.25, 0.3) is 0 Å². The van der Waals surface area contributed by atoms with Crippen LogP contribution in [0.4, 0.5) is 23.0 Å². The van der Waals surface area contributed by atoms with Gasteiger partial charge in [0.05, 0.1) is 25.1 Å². The van der Waals surface area contributed by atoms with Crippen molar-refractivity contribution in [3.8, 4) is 0 Å². The van der Waals surface area contributed by atoms with Crippen LogP contribution in [0.5, 0.6) is 0 Å². The standard InChI is InChI=1S/C15H22N6O2/c1-22-8-6-21(7-9-23-2)15-13(16)14(18-11-19-15)20-12-4-3-5-17-10-12/h3-5,10-11H,6-9,16H2,1-2H3,(H,18,19,20). The normalized spacial score (nSPS) is 10.5. The Balaban J connectivity index is 2.21. The fourth-order valence-corrected chi connectivity index (χ4v) is 2.04. The molecule has 0 bridgehead atoms. The molecule has 0 spiro atoms. The molecule has 3 N–H and O–H groups in total. The minimum atomic E-state index is 0.476. The molecule has 0 amide bonds. The highest BCUT2D eigenvalue weighted by molar-refractivity contribution is 5.78. The van der Waals surface area contributed by atoms with Crippen molar-refractivity contribution in [2.75, 3.05) is 56.5 Å². The van der Waals surface area contributed by atoms with Gasteiger partial charge < -0.3 is 25.4 Å². The Morgan fingerprint density at radius 1 is 1.17 bits per heavy atom. The molecule has 0 saturated carbocycles. The van der Waals surface area contributed by atoms with E-state index in [1.807, 2.05) is 17.0 Å². The molecule has 0 fully saturated rings. The van der Waals surface area contributed by atoms with Gasteiger partial charge in [-0.25, -0.2) is 9.97 Å². The first-order chi connectivity index (χ1) is 11.3. The molecule has 0 radical (unpaired) electrons. The minimum absolute atomic E-state index is 0.476. The summed E-state index contributed by atoms with van der Waals surface area (Å²) in [6.07, 6.45) is 4.89. The summed E-state index contributed by atoms with van der Waals surface area (Å²) >= 11 is 0. The SMILES string of the molecule is COCCN(CCOC)c1ncnc(Nc2cccnc2)c1N. The molecule has 0 aliphatic heterocycles. The van der Waals surface area contributed by atoms with E-state index in [1.165, 1.54) is 6.33 Å². The van der Waals surface area contributed by atoms with Crippen molar-refractivity contribution < 1.29 is 9.47 Å². The fraction of sp³-hybridized carbons (Fsp3) is 0.400. The quantitative estimate of drug-likeness (QED) is 0.714. The summed E-state index contributed by atoms with van der Waals surface area (Å²) in [5.74, 6) is 1.20. The van der Waals surface area contributed by atoms with E-state index >= 15 is 0 Å². The smallest absolute Gasteiger partial charge is 0.159 e. The number of rotatable bonds is 9. The summed E-state index contributed by atoms with van der Waals surface area (Å²) in [5, 5.41) is 3.15. The topological polar surface area (TPSA) is 98.4 Å². The average molecular weight is 318 g/mol. The number of nitrogens with two attached hydrogens (primary N) is 1. The summed E-state index contributed by atoms with van der Waals surface area (Å²) in [4.78, 5) is 14.6. The van der Waals surface area contributed by atoms with Gasteiger partial charge in [-0.15, -0.1) is 0 Å². The first-order valence-corrected chi connectivity index (χ1v) is 7.26. The molecule has 0 aromatic carbocycles. The van der Waals surface area contributed by atoms with E-state index in [9.17, 15) is 0 Å². The second-order valence-corrected chi connectivity index (χ2v) is 4.80. The largest absolute Gasteiger partial charge is 0.393 e. The van der Waals surface area contributed by atoms with Crippen molar-refractivity contribution in [1.82, 2.24) is 15.0 Å². The number of nitrogens with zero attached hydrogens (tertiary/aromatic N) is 4. The number of pyridine rings is 1. The van der Waals surface area contributed by atoms with E-state index in [0.717, 1.165) is 5.69 Å². The first-order valence-electron chi connectivity index (χ1n) is 7.26. The molecule has 8 nitrogen and oxygen atoms in total. The molecule has 0 unspecified atom stereocenters. The second-order valence-electron chi connectivity index (χ2n) is 4.80. The van der Waals surface area contributed by atoms with E-state index in [0.29, 0.717) is 43.6 Å². The number of anilines is 4.